The van der Waals surface area contributed by atoms with E-state index in [0.29, 0.717) is 24.7 Å². The summed E-state index contributed by atoms with van der Waals surface area (Å²) in [6.45, 7) is 4.26. The summed E-state index contributed by atoms with van der Waals surface area (Å²) in [7, 11) is 0. The molecule has 1 aliphatic carbocycles. The highest BCUT2D eigenvalue weighted by Crippen LogP contribution is 2.27. The van der Waals surface area contributed by atoms with E-state index in [1.54, 1.807) is 0 Å². The largest absolute Gasteiger partial charge is 0.481 e. The van der Waals surface area contributed by atoms with Gasteiger partial charge in [0.2, 0.25) is 5.91 Å². The zero-order valence-electron chi connectivity index (χ0n) is 12.9. The van der Waals surface area contributed by atoms with Gasteiger partial charge in [-0.2, -0.15) is 0 Å². The molecule has 4 nitrogen and oxygen atoms in total. The Morgan fingerprint density at radius 3 is 2.40 bits per heavy atom. The summed E-state index contributed by atoms with van der Waals surface area (Å²) >= 11 is 0. The highest BCUT2D eigenvalue weighted by atomic mass is 16.4. The normalized spacial score (nSPS) is 17.9. The first-order valence-electron chi connectivity index (χ1n) is 7.98. The number of rotatable bonds is 8. The number of amides is 1. The third-order valence-corrected chi connectivity index (χ3v) is 4.16. The van der Waals surface area contributed by atoms with E-state index in [0.717, 1.165) is 6.42 Å². The third-order valence-electron chi connectivity index (χ3n) is 4.16. The number of hydrogen-bond acceptors (Lipinski definition) is 2. The maximum atomic E-state index is 11.8. The lowest BCUT2D eigenvalue weighted by molar-refractivity contribution is -0.142. The van der Waals surface area contributed by atoms with Crippen molar-refractivity contribution >= 4 is 11.9 Å². The first-order valence-corrected chi connectivity index (χ1v) is 7.98. The van der Waals surface area contributed by atoms with Gasteiger partial charge in [0.15, 0.2) is 0 Å². The first kappa shape index (κ1) is 17.0. The summed E-state index contributed by atoms with van der Waals surface area (Å²) < 4.78 is 0. The molecule has 20 heavy (non-hydrogen) atoms. The van der Waals surface area contributed by atoms with Crippen molar-refractivity contribution in [1.82, 2.24) is 5.32 Å². The van der Waals surface area contributed by atoms with E-state index < -0.39 is 11.9 Å². The van der Waals surface area contributed by atoms with E-state index >= 15 is 0 Å². The average Bonchev–Trinajstić information content (AvgIpc) is 2.41. The fourth-order valence-electron chi connectivity index (χ4n) is 2.98. The molecule has 0 radical (unpaired) electrons. The lowest BCUT2D eigenvalue weighted by Crippen LogP contribution is -2.33. The molecule has 4 heteroatoms. The lowest BCUT2D eigenvalue weighted by Gasteiger charge is -2.21. The Kier molecular flexibility index (Phi) is 7.63. The van der Waals surface area contributed by atoms with Crippen LogP contribution in [-0.2, 0) is 9.59 Å². The fraction of sp³-hybridized carbons (Fsp3) is 0.875. The lowest BCUT2D eigenvalue weighted by atomic mass is 9.86. The SMILES string of the molecule is CC(C)CC(CNC(=O)CCC1CCCCC1)C(=O)O. The van der Waals surface area contributed by atoms with Crippen LogP contribution in [0.4, 0.5) is 0 Å². The van der Waals surface area contributed by atoms with Crippen molar-refractivity contribution in [2.24, 2.45) is 17.8 Å². The van der Waals surface area contributed by atoms with Gasteiger partial charge < -0.3 is 10.4 Å². The monoisotopic (exact) mass is 283 g/mol. The van der Waals surface area contributed by atoms with E-state index in [9.17, 15) is 9.59 Å². The molecule has 1 atom stereocenters. The molecule has 0 aromatic carbocycles. The van der Waals surface area contributed by atoms with Gasteiger partial charge in [-0.3, -0.25) is 9.59 Å². The van der Waals surface area contributed by atoms with Crippen LogP contribution in [0.2, 0.25) is 0 Å². The van der Waals surface area contributed by atoms with E-state index in [1.165, 1.54) is 32.1 Å². The number of hydrogen-bond donors (Lipinski definition) is 2. The molecular weight excluding hydrogens is 254 g/mol. The molecule has 0 aliphatic heterocycles. The van der Waals surface area contributed by atoms with Crippen molar-refractivity contribution in [3.05, 3.63) is 0 Å². The van der Waals surface area contributed by atoms with Gasteiger partial charge in [-0.05, 0) is 24.7 Å². The molecule has 1 unspecified atom stereocenters. The Morgan fingerprint density at radius 1 is 1.20 bits per heavy atom. The summed E-state index contributed by atoms with van der Waals surface area (Å²) in [6.07, 6.45) is 8.52. The Balaban J connectivity index is 2.21. The quantitative estimate of drug-likeness (QED) is 0.719. The minimum Gasteiger partial charge on any atom is -0.481 e. The Morgan fingerprint density at radius 2 is 1.85 bits per heavy atom. The smallest absolute Gasteiger partial charge is 0.308 e. The standard InChI is InChI=1S/C16H29NO3/c1-12(2)10-14(16(19)20)11-17-15(18)9-8-13-6-4-3-5-7-13/h12-14H,3-11H2,1-2H3,(H,17,18)(H,19,20). The number of aliphatic carboxylic acids is 1. The van der Waals surface area contributed by atoms with E-state index in [4.69, 9.17) is 5.11 Å². The molecule has 0 saturated heterocycles. The van der Waals surface area contributed by atoms with E-state index in [1.807, 2.05) is 13.8 Å². The highest BCUT2D eigenvalue weighted by molar-refractivity contribution is 5.77. The van der Waals surface area contributed by atoms with Gasteiger partial charge in [-0.25, -0.2) is 0 Å². The van der Waals surface area contributed by atoms with Crippen LogP contribution in [0, 0.1) is 17.8 Å². The highest BCUT2D eigenvalue weighted by Gasteiger charge is 2.20. The molecule has 0 aromatic heterocycles. The molecule has 116 valence electrons. The van der Waals surface area contributed by atoms with Crippen LogP contribution in [0.25, 0.3) is 0 Å². The second-order valence-corrected chi connectivity index (χ2v) is 6.51. The summed E-state index contributed by atoms with van der Waals surface area (Å²) in [5, 5.41) is 11.9. The van der Waals surface area contributed by atoms with Gasteiger partial charge in [0, 0.05) is 13.0 Å². The zero-order valence-corrected chi connectivity index (χ0v) is 12.9. The van der Waals surface area contributed by atoms with Gasteiger partial charge in [0.25, 0.3) is 0 Å². The van der Waals surface area contributed by atoms with Gasteiger partial charge in [0.05, 0.1) is 5.92 Å². The molecule has 1 amide bonds. The van der Waals surface area contributed by atoms with Gasteiger partial charge >= 0.3 is 5.97 Å². The van der Waals surface area contributed by atoms with Gasteiger partial charge in [-0.15, -0.1) is 0 Å². The van der Waals surface area contributed by atoms with Crippen LogP contribution in [0.1, 0.15) is 65.2 Å². The van der Waals surface area contributed by atoms with Gasteiger partial charge in [0.1, 0.15) is 0 Å². The van der Waals surface area contributed by atoms with Crippen LogP contribution >= 0.6 is 0 Å². The predicted molar refractivity (Wildman–Crippen MR) is 79.4 cm³/mol. The fourth-order valence-corrected chi connectivity index (χ4v) is 2.98. The minimum absolute atomic E-state index is 0.00517. The van der Waals surface area contributed by atoms with Crippen LogP contribution in [0.15, 0.2) is 0 Å². The second-order valence-electron chi connectivity index (χ2n) is 6.51. The maximum Gasteiger partial charge on any atom is 0.308 e. The van der Waals surface area contributed by atoms with Crippen LogP contribution in [-0.4, -0.2) is 23.5 Å². The van der Waals surface area contributed by atoms with Crippen molar-refractivity contribution < 1.29 is 14.7 Å². The average molecular weight is 283 g/mol. The van der Waals surface area contributed by atoms with Crippen molar-refractivity contribution in [2.45, 2.75) is 65.2 Å². The minimum atomic E-state index is -0.814. The second kappa shape index (κ2) is 8.98. The molecule has 1 rings (SSSR count). The molecule has 1 fully saturated rings. The van der Waals surface area contributed by atoms with Gasteiger partial charge in [-0.1, -0.05) is 46.0 Å². The molecule has 2 N–H and O–H groups in total. The molecule has 0 bridgehead atoms. The van der Waals surface area contributed by atoms with Crippen molar-refractivity contribution in [3.63, 3.8) is 0 Å². The molecule has 0 spiro atoms. The maximum absolute atomic E-state index is 11.8. The summed E-state index contributed by atoms with van der Waals surface area (Å²) in [4.78, 5) is 22.9. The van der Waals surface area contributed by atoms with Crippen LogP contribution < -0.4 is 5.32 Å². The third kappa shape index (κ3) is 6.92. The molecule has 0 aromatic rings. The number of carboxylic acid groups (broad SMARTS) is 1. The molecular formula is C16H29NO3. The van der Waals surface area contributed by atoms with Crippen LogP contribution in [0.5, 0.6) is 0 Å². The number of carboxylic acids is 1. The Bertz CT molecular complexity index is 309. The van der Waals surface area contributed by atoms with Crippen molar-refractivity contribution in [3.8, 4) is 0 Å². The van der Waals surface area contributed by atoms with Crippen LogP contribution in [0.3, 0.4) is 0 Å². The molecule has 1 aliphatic rings. The van der Waals surface area contributed by atoms with E-state index in [2.05, 4.69) is 5.32 Å². The van der Waals surface area contributed by atoms with Crippen molar-refractivity contribution in [1.29, 1.82) is 0 Å². The molecule has 1 saturated carbocycles. The molecule has 0 heterocycles. The zero-order chi connectivity index (χ0) is 15.0. The first-order chi connectivity index (χ1) is 9.49. The Hall–Kier alpha value is -1.06. The topological polar surface area (TPSA) is 66.4 Å². The van der Waals surface area contributed by atoms with E-state index in [-0.39, 0.29) is 12.5 Å². The summed E-state index contributed by atoms with van der Waals surface area (Å²) in [5.41, 5.74) is 0. The number of nitrogens with one attached hydrogen (secondary N) is 1. The number of carbonyl (C=O) groups excluding carboxylic acids is 1. The summed E-state index contributed by atoms with van der Waals surface area (Å²) in [6, 6.07) is 0. The Labute approximate surface area is 122 Å². The van der Waals surface area contributed by atoms with Crippen molar-refractivity contribution in [2.75, 3.05) is 6.54 Å². The predicted octanol–water partition coefficient (Wildman–Crippen LogP) is 3.21. The summed E-state index contributed by atoms with van der Waals surface area (Å²) in [5.74, 6) is -0.249. The number of carbonyl (C=O) groups is 2.